The van der Waals surface area contributed by atoms with Gasteiger partial charge in [-0.1, -0.05) is 34.1 Å². The van der Waals surface area contributed by atoms with Crippen molar-refractivity contribution >= 4 is 27.5 Å². The van der Waals surface area contributed by atoms with Crippen molar-refractivity contribution in [2.24, 2.45) is 0 Å². The molecular formula is C17H19BrN2O. The van der Waals surface area contributed by atoms with Crippen molar-refractivity contribution in [3.05, 3.63) is 64.1 Å². The SMILES string of the molecule is CC(C)NC(=O)c1cccc(NCc2ccc(Br)cc2)c1. The molecule has 0 saturated heterocycles. The molecule has 2 rings (SSSR count). The van der Waals surface area contributed by atoms with Crippen molar-refractivity contribution < 1.29 is 4.79 Å². The number of carbonyl (C=O) groups excluding carboxylic acids is 1. The summed E-state index contributed by atoms with van der Waals surface area (Å²) < 4.78 is 1.07. The number of rotatable bonds is 5. The summed E-state index contributed by atoms with van der Waals surface area (Å²) in [5.74, 6) is -0.0442. The summed E-state index contributed by atoms with van der Waals surface area (Å²) in [6, 6.07) is 15.8. The van der Waals surface area contributed by atoms with E-state index in [1.807, 2.05) is 50.2 Å². The normalized spacial score (nSPS) is 10.5. The number of anilines is 1. The minimum absolute atomic E-state index is 0.0442. The Labute approximate surface area is 133 Å². The number of hydrogen-bond acceptors (Lipinski definition) is 2. The van der Waals surface area contributed by atoms with Gasteiger partial charge in [-0.15, -0.1) is 0 Å². The highest BCUT2D eigenvalue weighted by Crippen LogP contribution is 2.14. The molecule has 0 spiro atoms. The minimum Gasteiger partial charge on any atom is -0.381 e. The lowest BCUT2D eigenvalue weighted by atomic mass is 10.1. The predicted molar refractivity (Wildman–Crippen MR) is 90.5 cm³/mol. The fourth-order valence-corrected chi connectivity index (χ4v) is 2.19. The van der Waals surface area contributed by atoms with Crippen molar-refractivity contribution in [3.63, 3.8) is 0 Å². The topological polar surface area (TPSA) is 41.1 Å². The maximum absolute atomic E-state index is 12.0. The van der Waals surface area contributed by atoms with Crippen LogP contribution in [0.1, 0.15) is 29.8 Å². The molecule has 4 heteroatoms. The molecule has 2 N–H and O–H groups in total. The molecule has 21 heavy (non-hydrogen) atoms. The van der Waals surface area contributed by atoms with Crippen molar-refractivity contribution in [1.82, 2.24) is 5.32 Å². The van der Waals surface area contributed by atoms with Gasteiger partial charge in [0.15, 0.2) is 0 Å². The molecule has 0 atom stereocenters. The van der Waals surface area contributed by atoms with Crippen LogP contribution in [0.25, 0.3) is 0 Å². The lowest BCUT2D eigenvalue weighted by molar-refractivity contribution is 0.0943. The molecule has 0 aliphatic rings. The van der Waals surface area contributed by atoms with Crippen molar-refractivity contribution in [1.29, 1.82) is 0 Å². The van der Waals surface area contributed by atoms with Crippen molar-refractivity contribution in [2.75, 3.05) is 5.32 Å². The zero-order valence-electron chi connectivity index (χ0n) is 12.2. The second-order valence-electron chi connectivity index (χ2n) is 5.19. The fourth-order valence-electron chi connectivity index (χ4n) is 1.92. The average Bonchev–Trinajstić information content (AvgIpc) is 2.46. The first-order valence-electron chi connectivity index (χ1n) is 6.94. The van der Waals surface area contributed by atoms with E-state index in [1.165, 1.54) is 5.56 Å². The second kappa shape index (κ2) is 7.27. The van der Waals surface area contributed by atoms with E-state index in [2.05, 4.69) is 38.7 Å². The smallest absolute Gasteiger partial charge is 0.251 e. The van der Waals surface area contributed by atoms with Crippen LogP contribution in [-0.2, 0) is 6.54 Å². The summed E-state index contributed by atoms with van der Waals surface area (Å²) in [6.07, 6.45) is 0. The summed E-state index contributed by atoms with van der Waals surface area (Å²) in [7, 11) is 0. The Morgan fingerprint density at radius 3 is 2.52 bits per heavy atom. The number of nitrogens with one attached hydrogen (secondary N) is 2. The van der Waals surface area contributed by atoms with Gasteiger partial charge in [-0.25, -0.2) is 0 Å². The van der Waals surface area contributed by atoms with Crippen LogP contribution in [0, 0.1) is 0 Å². The zero-order chi connectivity index (χ0) is 15.2. The van der Waals surface area contributed by atoms with Gasteiger partial charge in [0.2, 0.25) is 0 Å². The van der Waals surface area contributed by atoms with Crippen LogP contribution in [-0.4, -0.2) is 11.9 Å². The van der Waals surface area contributed by atoms with Gasteiger partial charge in [0, 0.05) is 28.3 Å². The maximum Gasteiger partial charge on any atom is 0.251 e. The molecule has 0 aliphatic heterocycles. The van der Waals surface area contributed by atoms with Gasteiger partial charge in [0.1, 0.15) is 0 Å². The summed E-state index contributed by atoms with van der Waals surface area (Å²) in [4.78, 5) is 12.0. The molecule has 0 aromatic heterocycles. The van der Waals surface area contributed by atoms with Crippen LogP contribution in [0.3, 0.4) is 0 Å². The average molecular weight is 347 g/mol. The van der Waals surface area contributed by atoms with E-state index in [4.69, 9.17) is 0 Å². The Kier molecular flexibility index (Phi) is 5.39. The Morgan fingerprint density at radius 2 is 1.86 bits per heavy atom. The molecule has 0 fully saturated rings. The third-order valence-corrected chi connectivity index (χ3v) is 3.48. The van der Waals surface area contributed by atoms with E-state index in [0.29, 0.717) is 5.56 Å². The molecule has 0 saturated carbocycles. The van der Waals surface area contributed by atoms with Crippen LogP contribution in [0.2, 0.25) is 0 Å². The number of halogens is 1. The Balaban J connectivity index is 2.00. The first kappa shape index (κ1) is 15.6. The number of hydrogen-bond donors (Lipinski definition) is 2. The van der Waals surface area contributed by atoms with Crippen molar-refractivity contribution in [2.45, 2.75) is 26.4 Å². The highest BCUT2D eigenvalue weighted by molar-refractivity contribution is 9.10. The molecule has 0 bridgehead atoms. The second-order valence-corrected chi connectivity index (χ2v) is 6.10. The van der Waals surface area contributed by atoms with Crippen LogP contribution in [0.5, 0.6) is 0 Å². The molecule has 0 radical (unpaired) electrons. The lowest BCUT2D eigenvalue weighted by Crippen LogP contribution is -2.30. The quantitative estimate of drug-likeness (QED) is 0.851. The molecule has 110 valence electrons. The largest absolute Gasteiger partial charge is 0.381 e. The molecular weight excluding hydrogens is 328 g/mol. The number of carbonyl (C=O) groups is 1. The summed E-state index contributed by atoms with van der Waals surface area (Å²) >= 11 is 3.42. The lowest BCUT2D eigenvalue weighted by Gasteiger charge is -2.11. The Bertz CT molecular complexity index is 608. The van der Waals surface area contributed by atoms with Crippen molar-refractivity contribution in [3.8, 4) is 0 Å². The molecule has 1 amide bonds. The van der Waals surface area contributed by atoms with E-state index in [9.17, 15) is 4.79 Å². The van der Waals surface area contributed by atoms with Crippen LogP contribution >= 0.6 is 15.9 Å². The van der Waals surface area contributed by atoms with Crippen LogP contribution in [0.4, 0.5) is 5.69 Å². The van der Waals surface area contributed by atoms with E-state index in [0.717, 1.165) is 16.7 Å². The summed E-state index contributed by atoms with van der Waals surface area (Å²) in [5.41, 5.74) is 2.80. The monoisotopic (exact) mass is 346 g/mol. The Hall–Kier alpha value is -1.81. The highest BCUT2D eigenvalue weighted by atomic mass is 79.9. The van der Waals surface area contributed by atoms with Gasteiger partial charge < -0.3 is 10.6 Å². The molecule has 0 unspecified atom stereocenters. The fraction of sp³-hybridized carbons (Fsp3) is 0.235. The molecule has 3 nitrogen and oxygen atoms in total. The van der Waals surface area contributed by atoms with E-state index >= 15 is 0 Å². The first-order valence-corrected chi connectivity index (χ1v) is 7.73. The first-order chi connectivity index (χ1) is 10.0. The molecule has 2 aromatic rings. The van der Waals surface area contributed by atoms with Crippen LogP contribution in [0.15, 0.2) is 53.0 Å². The maximum atomic E-state index is 12.0. The third kappa shape index (κ3) is 4.90. The minimum atomic E-state index is -0.0442. The summed E-state index contributed by atoms with van der Waals surface area (Å²) in [5, 5.41) is 6.23. The van der Waals surface area contributed by atoms with Gasteiger partial charge in [-0.05, 0) is 49.7 Å². The van der Waals surface area contributed by atoms with Gasteiger partial charge in [-0.3, -0.25) is 4.79 Å². The number of amides is 1. The molecule has 0 heterocycles. The molecule has 0 aliphatic carbocycles. The Morgan fingerprint density at radius 1 is 1.14 bits per heavy atom. The van der Waals surface area contributed by atoms with E-state index in [-0.39, 0.29) is 11.9 Å². The van der Waals surface area contributed by atoms with E-state index in [1.54, 1.807) is 0 Å². The van der Waals surface area contributed by atoms with Crippen LogP contribution < -0.4 is 10.6 Å². The third-order valence-electron chi connectivity index (χ3n) is 2.95. The van der Waals surface area contributed by atoms with Gasteiger partial charge in [-0.2, -0.15) is 0 Å². The van der Waals surface area contributed by atoms with Gasteiger partial charge in [0.25, 0.3) is 5.91 Å². The zero-order valence-corrected chi connectivity index (χ0v) is 13.8. The number of benzene rings is 2. The van der Waals surface area contributed by atoms with E-state index < -0.39 is 0 Å². The predicted octanol–water partition coefficient (Wildman–Crippen LogP) is 4.20. The van der Waals surface area contributed by atoms with Gasteiger partial charge in [0.05, 0.1) is 0 Å². The van der Waals surface area contributed by atoms with Gasteiger partial charge >= 0.3 is 0 Å². The highest BCUT2D eigenvalue weighted by Gasteiger charge is 2.07. The standard InChI is InChI=1S/C17H19BrN2O/c1-12(2)20-17(21)14-4-3-5-16(10-14)19-11-13-6-8-15(18)9-7-13/h3-10,12,19H,11H2,1-2H3,(H,20,21). The summed E-state index contributed by atoms with van der Waals surface area (Å²) in [6.45, 7) is 4.63. The molecule has 2 aromatic carbocycles.